The molecule has 1 aromatic rings. The molecule has 62 valence electrons. The molecule has 0 fully saturated rings. The van der Waals surface area contributed by atoms with E-state index in [9.17, 15) is 8.78 Å². The molecule has 0 bridgehead atoms. The SMILES string of the molecule is N#CSc1cc(F)cc(F)c1O. The van der Waals surface area contributed by atoms with Crippen LogP contribution in [0.4, 0.5) is 8.78 Å². The van der Waals surface area contributed by atoms with E-state index in [2.05, 4.69) is 0 Å². The highest BCUT2D eigenvalue weighted by atomic mass is 32.2. The van der Waals surface area contributed by atoms with Crippen molar-refractivity contribution in [1.29, 1.82) is 5.26 Å². The Kier molecular flexibility index (Phi) is 2.51. The fourth-order valence-corrected chi connectivity index (χ4v) is 1.13. The van der Waals surface area contributed by atoms with Gasteiger partial charge in [0, 0.05) is 6.07 Å². The van der Waals surface area contributed by atoms with E-state index in [1.807, 2.05) is 0 Å². The van der Waals surface area contributed by atoms with Crippen LogP contribution in [0.15, 0.2) is 17.0 Å². The van der Waals surface area contributed by atoms with Gasteiger partial charge in [-0.2, -0.15) is 5.26 Å². The number of nitriles is 1. The van der Waals surface area contributed by atoms with Gasteiger partial charge in [0.25, 0.3) is 0 Å². The molecule has 0 spiro atoms. The van der Waals surface area contributed by atoms with Gasteiger partial charge in [-0.3, -0.25) is 0 Å². The zero-order valence-corrected chi connectivity index (χ0v) is 6.53. The number of hydrogen-bond donors (Lipinski definition) is 1. The highest BCUT2D eigenvalue weighted by Crippen LogP contribution is 2.30. The van der Waals surface area contributed by atoms with Crippen LogP contribution in [0.2, 0.25) is 0 Å². The Morgan fingerprint density at radius 1 is 1.42 bits per heavy atom. The number of nitrogens with zero attached hydrogens (tertiary/aromatic N) is 1. The third-order valence-electron chi connectivity index (χ3n) is 1.15. The van der Waals surface area contributed by atoms with Crippen molar-refractivity contribution >= 4 is 11.8 Å². The van der Waals surface area contributed by atoms with Crippen molar-refractivity contribution in [3.8, 4) is 11.2 Å². The minimum atomic E-state index is -1.06. The van der Waals surface area contributed by atoms with E-state index in [1.54, 1.807) is 5.40 Å². The minimum Gasteiger partial charge on any atom is -0.504 e. The number of rotatable bonds is 1. The van der Waals surface area contributed by atoms with Crippen LogP contribution in [0.5, 0.6) is 5.75 Å². The molecular formula is C7H3F2NOS. The average molecular weight is 187 g/mol. The fraction of sp³-hybridized carbons (Fsp3) is 0. The summed E-state index contributed by atoms with van der Waals surface area (Å²) in [4.78, 5) is -0.116. The van der Waals surface area contributed by atoms with Crippen molar-refractivity contribution in [3.63, 3.8) is 0 Å². The van der Waals surface area contributed by atoms with Gasteiger partial charge in [-0.05, 0) is 17.8 Å². The third kappa shape index (κ3) is 1.66. The number of thioether (sulfide) groups is 1. The average Bonchev–Trinajstić information content (AvgIpc) is 2.00. The number of phenols is 1. The summed E-state index contributed by atoms with van der Waals surface area (Å²) in [6.45, 7) is 0. The van der Waals surface area contributed by atoms with Crippen LogP contribution < -0.4 is 0 Å². The highest BCUT2D eigenvalue weighted by Gasteiger charge is 2.09. The molecule has 0 aromatic heterocycles. The molecule has 0 aliphatic heterocycles. The van der Waals surface area contributed by atoms with E-state index in [0.29, 0.717) is 17.8 Å². The van der Waals surface area contributed by atoms with Crippen molar-refractivity contribution in [2.75, 3.05) is 0 Å². The van der Waals surface area contributed by atoms with Crippen molar-refractivity contribution in [1.82, 2.24) is 0 Å². The molecular weight excluding hydrogens is 184 g/mol. The zero-order chi connectivity index (χ0) is 9.14. The van der Waals surface area contributed by atoms with Gasteiger partial charge in [-0.25, -0.2) is 8.78 Å². The lowest BCUT2D eigenvalue weighted by atomic mass is 10.3. The van der Waals surface area contributed by atoms with Gasteiger partial charge in [0.15, 0.2) is 11.6 Å². The lowest BCUT2D eigenvalue weighted by Gasteiger charge is -1.99. The topological polar surface area (TPSA) is 44.0 Å². The molecule has 0 saturated heterocycles. The van der Waals surface area contributed by atoms with Gasteiger partial charge in [-0.1, -0.05) is 0 Å². The molecule has 0 heterocycles. The molecule has 1 aromatic carbocycles. The Morgan fingerprint density at radius 3 is 2.67 bits per heavy atom. The molecule has 2 nitrogen and oxygen atoms in total. The molecule has 1 rings (SSSR count). The second-order valence-electron chi connectivity index (χ2n) is 1.93. The molecule has 12 heavy (non-hydrogen) atoms. The molecule has 0 atom stereocenters. The summed E-state index contributed by atoms with van der Waals surface area (Å²) >= 11 is 0.506. The number of phenolic OH excluding ortho intramolecular Hbond substituents is 1. The first-order valence-corrected chi connectivity index (χ1v) is 3.70. The third-order valence-corrected chi connectivity index (χ3v) is 1.77. The Morgan fingerprint density at radius 2 is 2.08 bits per heavy atom. The van der Waals surface area contributed by atoms with Gasteiger partial charge in [0.1, 0.15) is 11.2 Å². The van der Waals surface area contributed by atoms with Crippen LogP contribution >= 0.6 is 11.8 Å². The minimum absolute atomic E-state index is 0.116. The highest BCUT2D eigenvalue weighted by molar-refractivity contribution is 8.03. The molecule has 0 aliphatic carbocycles. The fourth-order valence-electron chi connectivity index (χ4n) is 0.669. The van der Waals surface area contributed by atoms with Crippen molar-refractivity contribution in [2.24, 2.45) is 0 Å². The number of aromatic hydroxyl groups is 1. The maximum Gasteiger partial charge on any atom is 0.168 e. The van der Waals surface area contributed by atoms with Crippen molar-refractivity contribution in [2.45, 2.75) is 4.90 Å². The standard InChI is InChI=1S/C7H3F2NOS/c8-4-1-5(9)7(11)6(2-4)12-3-10/h1-2,11H. The predicted molar refractivity (Wildman–Crippen MR) is 39.5 cm³/mol. The first-order valence-electron chi connectivity index (χ1n) is 2.89. The number of benzene rings is 1. The molecule has 1 N–H and O–H groups in total. The summed E-state index contributed by atoms with van der Waals surface area (Å²) in [5, 5.41) is 18.7. The molecule has 0 aliphatic rings. The number of halogens is 2. The molecule has 0 radical (unpaired) electrons. The van der Waals surface area contributed by atoms with Crippen LogP contribution in [0.25, 0.3) is 0 Å². The maximum absolute atomic E-state index is 12.6. The van der Waals surface area contributed by atoms with Crippen LogP contribution in [-0.2, 0) is 0 Å². The number of thiocyanates is 1. The Hall–Kier alpha value is -1.28. The van der Waals surface area contributed by atoms with Crippen LogP contribution in [0.1, 0.15) is 0 Å². The Balaban J connectivity index is 3.20. The van der Waals surface area contributed by atoms with Gasteiger partial charge in [0.05, 0.1) is 4.90 Å². The van der Waals surface area contributed by atoms with Crippen LogP contribution in [0, 0.1) is 22.3 Å². The quantitative estimate of drug-likeness (QED) is 0.541. The van der Waals surface area contributed by atoms with Gasteiger partial charge in [-0.15, -0.1) is 0 Å². The second kappa shape index (κ2) is 3.41. The molecule has 5 heteroatoms. The van der Waals surface area contributed by atoms with E-state index < -0.39 is 17.4 Å². The first kappa shape index (κ1) is 8.81. The lowest BCUT2D eigenvalue weighted by Crippen LogP contribution is -1.83. The Bertz CT molecular complexity index is 348. The summed E-state index contributed by atoms with van der Waals surface area (Å²) in [6, 6.07) is 1.45. The lowest BCUT2D eigenvalue weighted by molar-refractivity contribution is 0.415. The molecule has 0 saturated carbocycles. The van der Waals surface area contributed by atoms with E-state index in [-0.39, 0.29) is 4.90 Å². The first-order chi connectivity index (χ1) is 5.65. The van der Waals surface area contributed by atoms with Gasteiger partial charge < -0.3 is 5.11 Å². The summed E-state index contributed by atoms with van der Waals surface area (Å²) in [6.07, 6.45) is 0. The van der Waals surface area contributed by atoms with Crippen molar-refractivity contribution < 1.29 is 13.9 Å². The summed E-state index contributed by atoms with van der Waals surface area (Å²) < 4.78 is 25.0. The molecule has 0 amide bonds. The van der Waals surface area contributed by atoms with E-state index >= 15 is 0 Å². The summed E-state index contributed by atoms with van der Waals surface area (Å²) in [7, 11) is 0. The summed E-state index contributed by atoms with van der Waals surface area (Å²) in [5.74, 6) is -2.57. The van der Waals surface area contributed by atoms with Gasteiger partial charge in [0.2, 0.25) is 0 Å². The largest absolute Gasteiger partial charge is 0.504 e. The molecule has 0 unspecified atom stereocenters. The van der Waals surface area contributed by atoms with E-state index in [4.69, 9.17) is 10.4 Å². The Labute approximate surface area is 71.4 Å². The summed E-state index contributed by atoms with van der Waals surface area (Å²) in [5.41, 5.74) is 0. The van der Waals surface area contributed by atoms with Crippen LogP contribution in [-0.4, -0.2) is 5.11 Å². The van der Waals surface area contributed by atoms with E-state index in [0.717, 1.165) is 6.07 Å². The van der Waals surface area contributed by atoms with Gasteiger partial charge >= 0.3 is 0 Å². The van der Waals surface area contributed by atoms with Crippen molar-refractivity contribution in [3.05, 3.63) is 23.8 Å². The predicted octanol–water partition coefficient (Wildman–Crippen LogP) is 2.24. The normalized spacial score (nSPS) is 9.42. The second-order valence-corrected chi connectivity index (χ2v) is 2.75. The monoisotopic (exact) mass is 187 g/mol. The zero-order valence-electron chi connectivity index (χ0n) is 5.71. The number of hydrogen-bond acceptors (Lipinski definition) is 3. The maximum atomic E-state index is 12.6. The smallest absolute Gasteiger partial charge is 0.168 e. The van der Waals surface area contributed by atoms with E-state index in [1.165, 1.54) is 0 Å². The van der Waals surface area contributed by atoms with Crippen LogP contribution in [0.3, 0.4) is 0 Å².